The van der Waals surface area contributed by atoms with E-state index in [-0.39, 0.29) is 5.78 Å². The van der Waals surface area contributed by atoms with Crippen LogP contribution in [-0.4, -0.2) is 15.8 Å². The van der Waals surface area contributed by atoms with Crippen LogP contribution in [-0.2, 0) is 0 Å². The number of nitrogens with zero attached hydrogens (tertiary/aromatic N) is 2. The smallest absolute Gasteiger partial charge is 0.170 e. The van der Waals surface area contributed by atoms with Crippen LogP contribution in [0.15, 0.2) is 42.7 Å². The van der Waals surface area contributed by atoms with Gasteiger partial charge >= 0.3 is 0 Å². The van der Waals surface area contributed by atoms with E-state index in [0.29, 0.717) is 0 Å². The van der Waals surface area contributed by atoms with Crippen LogP contribution in [0.3, 0.4) is 0 Å². The summed E-state index contributed by atoms with van der Waals surface area (Å²) >= 11 is 1.40. The van der Waals surface area contributed by atoms with Crippen LogP contribution in [0.2, 0.25) is 0 Å². The molecule has 1 aromatic carbocycles. The molecule has 3 rings (SSSR count). The molecular weight excluding hydrogens is 244 g/mol. The quantitative estimate of drug-likeness (QED) is 0.657. The Morgan fingerprint density at radius 1 is 1.11 bits per heavy atom. The molecule has 18 heavy (non-hydrogen) atoms. The average molecular weight is 254 g/mol. The predicted octanol–water partition coefficient (Wildman–Crippen LogP) is 3.56. The number of aromatic nitrogens is 2. The highest BCUT2D eigenvalue weighted by atomic mass is 32.1. The molecule has 0 amide bonds. The van der Waals surface area contributed by atoms with E-state index in [9.17, 15) is 4.79 Å². The Bertz CT molecular complexity index is 719. The summed E-state index contributed by atoms with van der Waals surface area (Å²) < 4.78 is 0. The molecule has 0 spiro atoms. The minimum atomic E-state index is 0.0543. The first-order valence-corrected chi connectivity index (χ1v) is 6.39. The minimum Gasteiger partial charge on any atom is -0.294 e. The Hall–Kier alpha value is -2.07. The Kier molecular flexibility index (Phi) is 2.64. The van der Waals surface area contributed by atoms with Gasteiger partial charge in [-0.2, -0.15) is 0 Å². The number of rotatable bonds is 2. The van der Waals surface area contributed by atoms with Crippen LogP contribution in [0.1, 0.15) is 16.6 Å². The predicted molar refractivity (Wildman–Crippen MR) is 72.9 cm³/mol. The molecule has 0 atom stereocenters. The van der Waals surface area contributed by atoms with Crippen molar-refractivity contribution in [3.05, 3.63) is 47.6 Å². The van der Waals surface area contributed by atoms with Gasteiger partial charge in [0.05, 0.1) is 4.88 Å². The summed E-state index contributed by atoms with van der Waals surface area (Å²) in [6.45, 7) is 1.58. The van der Waals surface area contributed by atoms with Gasteiger partial charge in [0.2, 0.25) is 0 Å². The van der Waals surface area contributed by atoms with Gasteiger partial charge in [-0.3, -0.25) is 9.78 Å². The van der Waals surface area contributed by atoms with E-state index in [0.717, 1.165) is 26.4 Å². The Labute approximate surface area is 108 Å². The molecule has 0 unspecified atom stereocenters. The zero-order valence-corrected chi connectivity index (χ0v) is 10.6. The van der Waals surface area contributed by atoms with Gasteiger partial charge in [-0.05, 0) is 12.5 Å². The third-order valence-electron chi connectivity index (χ3n) is 2.71. The highest BCUT2D eigenvalue weighted by Gasteiger charge is 2.18. The summed E-state index contributed by atoms with van der Waals surface area (Å²) in [7, 11) is 0. The largest absolute Gasteiger partial charge is 0.294 e. The van der Waals surface area contributed by atoms with E-state index in [1.165, 1.54) is 11.3 Å². The summed E-state index contributed by atoms with van der Waals surface area (Å²) in [6.07, 6.45) is 3.31. The second-order valence-corrected chi connectivity index (χ2v) is 4.94. The molecular formula is C14H10N2OS. The minimum absolute atomic E-state index is 0.0543. The molecule has 0 saturated heterocycles. The van der Waals surface area contributed by atoms with Crippen LogP contribution in [0.25, 0.3) is 21.5 Å². The topological polar surface area (TPSA) is 42.9 Å². The van der Waals surface area contributed by atoms with Crippen LogP contribution in [0.4, 0.5) is 0 Å². The van der Waals surface area contributed by atoms with E-state index < -0.39 is 0 Å². The highest BCUT2D eigenvalue weighted by molar-refractivity contribution is 7.21. The zero-order chi connectivity index (χ0) is 12.5. The molecule has 2 aromatic heterocycles. The van der Waals surface area contributed by atoms with Crippen molar-refractivity contribution in [3.63, 3.8) is 0 Å². The van der Waals surface area contributed by atoms with E-state index in [1.54, 1.807) is 19.3 Å². The van der Waals surface area contributed by atoms with Gasteiger partial charge in [0.1, 0.15) is 10.3 Å². The lowest BCUT2D eigenvalue weighted by Gasteiger charge is -2.01. The molecule has 0 N–H and O–H groups in total. The fraction of sp³-hybridized carbons (Fsp3) is 0.0714. The number of fused-ring (bicyclic) bond motifs is 1. The first kappa shape index (κ1) is 11.0. The molecule has 3 aromatic rings. The molecule has 0 fully saturated rings. The highest BCUT2D eigenvalue weighted by Crippen LogP contribution is 2.36. The van der Waals surface area contributed by atoms with Crippen LogP contribution < -0.4 is 0 Å². The van der Waals surface area contributed by atoms with E-state index in [2.05, 4.69) is 9.97 Å². The van der Waals surface area contributed by atoms with Gasteiger partial charge in [0.25, 0.3) is 0 Å². The van der Waals surface area contributed by atoms with Crippen molar-refractivity contribution in [2.24, 2.45) is 0 Å². The van der Waals surface area contributed by atoms with E-state index in [1.807, 2.05) is 30.3 Å². The van der Waals surface area contributed by atoms with Crippen molar-refractivity contribution < 1.29 is 4.79 Å². The second-order valence-electron chi connectivity index (χ2n) is 3.94. The van der Waals surface area contributed by atoms with Gasteiger partial charge in [-0.25, -0.2) is 4.98 Å². The van der Waals surface area contributed by atoms with Crippen molar-refractivity contribution >= 4 is 27.5 Å². The molecule has 0 aliphatic rings. The first-order valence-electron chi connectivity index (χ1n) is 5.57. The van der Waals surface area contributed by atoms with Crippen molar-refractivity contribution in [1.82, 2.24) is 9.97 Å². The molecule has 0 saturated carbocycles. The lowest BCUT2D eigenvalue weighted by Crippen LogP contribution is -1.91. The number of hydrogen-bond donors (Lipinski definition) is 0. The Balaban J connectivity index is 2.38. The van der Waals surface area contributed by atoms with Gasteiger partial charge < -0.3 is 0 Å². The van der Waals surface area contributed by atoms with Crippen molar-refractivity contribution in [1.29, 1.82) is 0 Å². The molecule has 0 bridgehead atoms. The van der Waals surface area contributed by atoms with Crippen LogP contribution in [0.5, 0.6) is 0 Å². The maximum atomic E-state index is 11.8. The summed E-state index contributed by atoms with van der Waals surface area (Å²) in [5.41, 5.74) is 2.71. The summed E-state index contributed by atoms with van der Waals surface area (Å²) in [4.78, 5) is 21.9. The van der Waals surface area contributed by atoms with Crippen molar-refractivity contribution in [3.8, 4) is 11.1 Å². The van der Waals surface area contributed by atoms with Gasteiger partial charge in [-0.1, -0.05) is 30.3 Å². The summed E-state index contributed by atoms with van der Waals surface area (Å²) in [6, 6.07) is 9.85. The molecule has 3 nitrogen and oxygen atoms in total. The van der Waals surface area contributed by atoms with Crippen LogP contribution in [0, 0.1) is 0 Å². The van der Waals surface area contributed by atoms with E-state index in [4.69, 9.17) is 0 Å². The first-order chi connectivity index (χ1) is 8.77. The third-order valence-corrected chi connectivity index (χ3v) is 3.90. The number of hydrogen-bond acceptors (Lipinski definition) is 4. The lowest BCUT2D eigenvalue weighted by molar-refractivity contribution is 0.102. The monoisotopic (exact) mass is 254 g/mol. The maximum absolute atomic E-state index is 11.8. The van der Waals surface area contributed by atoms with Crippen molar-refractivity contribution in [2.45, 2.75) is 6.92 Å². The third kappa shape index (κ3) is 1.71. The maximum Gasteiger partial charge on any atom is 0.170 e. The Morgan fingerprint density at radius 2 is 1.83 bits per heavy atom. The van der Waals surface area contributed by atoms with Crippen molar-refractivity contribution in [2.75, 3.05) is 0 Å². The van der Waals surface area contributed by atoms with Gasteiger partial charge in [-0.15, -0.1) is 11.3 Å². The summed E-state index contributed by atoms with van der Waals surface area (Å²) in [5, 5.41) is 0. The number of carbonyl (C=O) groups excluding carboxylic acids is 1. The second kappa shape index (κ2) is 4.31. The lowest BCUT2D eigenvalue weighted by atomic mass is 10.0. The van der Waals surface area contributed by atoms with Gasteiger partial charge in [0, 0.05) is 18.0 Å². The fourth-order valence-corrected chi connectivity index (χ4v) is 2.97. The standard InChI is InChI=1S/C14H10N2OS/c1-9(17)13-11(10-5-3-2-4-6-10)12-14(18-13)16-8-7-15-12/h2-8H,1H3. The number of benzene rings is 1. The number of ketones is 1. The average Bonchev–Trinajstić information content (AvgIpc) is 2.79. The van der Waals surface area contributed by atoms with Gasteiger partial charge in [0.15, 0.2) is 5.78 Å². The molecule has 88 valence electrons. The zero-order valence-electron chi connectivity index (χ0n) is 9.75. The molecule has 4 heteroatoms. The molecule has 2 heterocycles. The molecule has 0 aliphatic heterocycles. The SMILES string of the molecule is CC(=O)c1sc2nccnc2c1-c1ccccc1. The van der Waals surface area contributed by atoms with E-state index >= 15 is 0 Å². The molecule has 0 radical (unpaired) electrons. The molecule has 0 aliphatic carbocycles. The fourth-order valence-electron chi connectivity index (χ4n) is 1.95. The normalized spacial score (nSPS) is 10.7. The summed E-state index contributed by atoms with van der Waals surface area (Å²) in [5.74, 6) is 0.0543. The number of thiophene rings is 1. The number of carbonyl (C=O) groups is 1. The Morgan fingerprint density at radius 3 is 2.56 bits per heavy atom. The van der Waals surface area contributed by atoms with Crippen LogP contribution >= 0.6 is 11.3 Å². The number of Topliss-reactive ketones (excluding diaryl/α,β-unsaturated/α-hetero) is 1.